The van der Waals surface area contributed by atoms with Crippen molar-refractivity contribution in [2.75, 3.05) is 13.1 Å². The smallest absolute Gasteiger partial charge is 0.0633 e. The highest BCUT2D eigenvalue weighted by molar-refractivity contribution is 5.09. The van der Waals surface area contributed by atoms with E-state index in [9.17, 15) is 0 Å². The van der Waals surface area contributed by atoms with Crippen LogP contribution in [0.1, 0.15) is 23.7 Å². The number of aromatic nitrogens is 2. The Bertz CT molecular complexity index is 266. The second-order valence-corrected chi connectivity index (χ2v) is 3.28. The van der Waals surface area contributed by atoms with E-state index in [4.69, 9.17) is 0 Å². The largest absolute Gasteiger partial charge is 0.316 e. The molecule has 2 heterocycles. The summed E-state index contributed by atoms with van der Waals surface area (Å²) in [7, 11) is 0. The van der Waals surface area contributed by atoms with Crippen molar-refractivity contribution in [3.63, 3.8) is 0 Å². The molecule has 64 valence electrons. The second kappa shape index (κ2) is 3.19. The molecule has 0 amide bonds. The van der Waals surface area contributed by atoms with Gasteiger partial charge in [-0.25, -0.2) is 0 Å². The van der Waals surface area contributed by atoms with Crippen molar-refractivity contribution in [3.8, 4) is 0 Å². The Balaban J connectivity index is 2.21. The highest BCUT2D eigenvalue weighted by atomic mass is 14.9. The van der Waals surface area contributed by atoms with E-state index in [0.717, 1.165) is 24.5 Å². The molecule has 1 N–H and O–H groups in total. The van der Waals surface area contributed by atoms with Crippen LogP contribution in [0.25, 0.3) is 0 Å². The maximum Gasteiger partial charge on any atom is 0.0633 e. The fourth-order valence-corrected chi connectivity index (χ4v) is 1.59. The molecule has 1 aliphatic rings. The van der Waals surface area contributed by atoms with Crippen molar-refractivity contribution in [3.05, 3.63) is 23.8 Å². The average molecular weight is 163 g/mol. The highest BCUT2D eigenvalue weighted by Crippen LogP contribution is 2.19. The maximum atomic E-state index is 4.45. The summed E-state index contributed by atoms with van der Waals surface area (Å²) < 4.78 is 0. The van der Waals surface area contributed by atoms with Crippen LogP contribution in [-0.4, -0.2) is 23.1 Å². The van der Waals surface area contributed by atoms with Crippen LogP contribution in [0, 0.1) is 6.92 Å². The number of aryl methyl sites for hydroxylation is 1. The van der Waals surface area contributed by atoms with Crippen LogP contribution in [0.4, 0.5) is 0 Å². The molecule has 1 aromatic heterocycles. The summed E-state index contributed by atoms with van der Waals surface area (Å²) in [5.41, 5.74) is 2.15. The predicted molar refractivity (Wildman–Crippen MR) is 47.0 cm³/mol. The van der Waals surface area contributed by atoms with Crippen LogP contribution in [0.15, 0.2) is 12.4 Å². The van der Waals surface area contributed by atoms with Crippen molar-refractivity contribution in [2.24, 2.45) is 0 Å². The number of rotatable bonds is 1. The molecule has 2 rings (SSSR count). The van der Waals surface area contributed by atoms with Gasteiger partial charge in [0.15, 0.2) is 0 Å². The first-order valence-electron chi connectivity index (χ1n) is 4.35. The standard InChI is InChI=1S/C9H13N3/c1-7-4-11-6-9(12-7)8-2-3-10-5-8/h4,6,8,10H,2-3,5H2,1H3. The minimum absolute atomic E-state index is 0.581. The molecule has 1 saturated heterocycles. The molecular formula is C9H13N3. The molecule has 12 heavy (non-hydrogen) atoms. The van der Waals surface area contributed by atoms with E-state index >= 15 is 0 Å². The Morgan fingerprint density at radius 1 is 1.50 bits per heavy atom. The van der Waals surface area contributed by atoms with E-state index in [-0.39, 0.29) is 0 Å². The van der Waals surface area contributed by atoms with Gasteiger partial charge in [-0.3, -0.25) is 9.97 Å². The first-order chi connectivity index (χ1) is 5.86. The lowest BCUT2D eigenvalue weighted by Gasteiger charge is -2.06. The monoisotopic (exact) mass is 163 g/mol. The van der Waals surface area contributed by atoms with Gasteiger partial charge in [0.1, 0.15) is 0 Å². The van der Waals surface area contributed by atoms with Crippen LogP contribution in [-0.2, 0) is 0 Å². The predicted octanol–water partition coefficient (Wildman–Crippen LogP) is 0.862. The van der Waals surface area contributed by atoms with Gasteiger partial charge >= 0.3 is 0 Å². The van der Waals surface area contributed by atoms with E-state index in [0.29, 0.717) is 5.92 Å². The van der Waals surface area contributed by atoms with Gasteiger partial charge in [-0.2, -0.15) is 0 Å². The van der Waals surface area contributed by atoms with Gasteiger partial charge in [-0.1, -0.05) is 0 Å². The molecule has 3 heteroatoms. The molecule has 3 nitrogen and oxygen atoms in total. The van der Waals surface area contributed by atoms with E-state index in [1.807, 2.05) is 13.1 Å². The zero-order valence-electron chi connectivity index (χ0n) is 7.25. The molecule has 0 aromatic carbocycles. The summed E-state index contributed by atoms with van der Waals surface area (Å²) in [5, 5.41) is 3.32. The van der Waals surface area contributed by atoms with Crippen molar-refractivity contribution in [1.82, 2.24) is 15.3 Å². The van der Waals surface area contributed by atoms with Crippen LogP contribution < -0.4 is 5.32 Å². The molecule has 0 spiro atoms. The number of nitrogens with one attached hydrogen (secondary N) is 1. The normalized spacial score (nSPS) is 22.9. The Morgan fingerprint density at radius 3 is 3.08 bits per heavy atom. The molecule has 0 aliphatic carbocycles. The minimum atomic E-state index is 0.581. The molecule has 1 unspecified atom stereocenters. The number of nitrogens with zero attached hydrogens (tertiary/aromatic N) is 2. The van der Waals surface area contributed by atoms with Crippen molar-refractivity contribution in [2.45, 2.75) is 19.3 Å². The van der Waals surface area contributed by atoms with Crippen LogP contribution in [0.3, 0.4) is 0 Å². The van der Waals surface area contributed by atoms with Gasteiger partial charge in [0.25, 0.3) is 0 Å². The first kappa shape index (κ1) is 7.68. The van der Waals surface area contributed by atoms with Gasteiger partial charge in [-0.05, 0) is 19.9 Å². The SMILES string of the molecule is Cc1cncc(C2CCNC2)n1. The van der Waals surface area contributed by atoms with Crippen LogP contribution >= 0.6 is 0 Å². The molecular weight excluding hydrogens is 150 g/mol. The third-order valence-electron chi connectivity index (χ3n) is 2.25. The van der Waals surface area contributed by atoms with E-state index in [1.54, 1.807) is 6.20 Å². The second-order valence-electron chi connectivity index (χ2n) is 3.28. The Kier molecular flexibility index (Phi) is 2.04. The molecule has 0 saturated carbocycles. The van der Waals surface area contributed by atoms with Gasteiger partial charge in [-0.15, -0.1) is 0 Å². The van der Waals surface area contributed by atoms with E-state index in [1.165, 1.54) is 6.42 Å². The quantitative estimate of drug-likeness (QED) is 0.667. The van der Waals surface area contributed by atoms with Crippen molar-refractivity contribution < 1.29 is 0 Å². The topological polar surface area (TPSA) is 37.8 Å². The van der Waals surface area contributed by atoms with Gasteiger partial charge in [0, 0.05) is 24.9 Å². The van der Waals surface area contributed by atoms with Gasteiger partial charge < -0.3 is 5.32 Å². The van der Waals surface area contributed by atoms with Crippen molar-refractivity contribution >= 4 is 0 Å². The summed E-state index contributed by atoms with van der Waals surface area (Å²) in [4.78, 5) is 8.59. The maximum absolute atomic E-state index is 4.45. The average Bonchev–Trinajstić information content (AvgIpc) is 2.56. The molecule has 0 radical (unpaired) electrons. The van der Waals surface area contributed by atoms with E-state index in [2.05, 4.69) is 15.3 Å². The molecule has 1 atom stereocenters. The van der Waals surface area contributed by atoms with Crippen LogP contribution in [0.2, 0.25) is 0 Å². The van der Waals surface area contributed by atoms with Gasteiger partial charge in [0.05, 0.1) is 11.4 Å². The highest BCUT2D eigenvalue weighted by Gasteiger charge is 2.17. The number of hydrogen-bond acceptors (Lipinski definition) is 3. The fourth-order valence-electron chi connectivity index (χ4n) is 1.59. The lowest BCUT2D eigenvalue weighted by molar-refractivity contribution is 0.724. The zero-order chi connectivity index (χ0) is 8.39. The zero-order valence-corrected chi connectivity index (χ0v) is 7.25. The first-order valence-corrected chi connectivity index (χ1v) is 4.35. The molecule has 1 aliphatic heterocycles. The Hall–Kier alpha value is -0.960. The Labute approximate surface area is 72.2 Å². The van der Waals surface area contributed by atoms with Crippen LogP contribution in [0.5, 0.6) is 0 Å². The van der Waals surface area contributed by atoms with Crippen molar-refractivity contribution in [1.29, 1.82) is 0 Å². The lowest BCUT2D eigenvalue weighted by atomic mass is 10.1. The lowest BCUT2D eigenvalue weighted by Crippen LogP contribution is -2.09. The molecule has 1 fully saturated rings. The summed E-state index contributed by atoms with van der Waals surface area (Å²) in [6.45, 7) is 4.15. The summed E-state index contributed by atoms with van der Waals surface area (Å²) in [5.74, 6) is 0.581. The summed E-state index contributed by atoms with van der Waals surface area (Å²) >= 11 is 0. The third-order valence-corrected chi connectivity index (χ3v) is 2.25. The fraction of sp³-hybridized carbons (Fsp3) is 0.556. The van der Waals surface area contributed by atoms with Gasteiger partial charge in [0.2, 0.25) is 0 Å². The number of hydrogen-bond donors (Lipinski definition) is 1. The van der Waals surface area contributed by atoms with E-state index < -0.39 is 0 Å². The third kappa shape index (κ3) is 1.46. The molecule has 1 aromatic rings. The summed E-state index contributed by atoms with van der Waals surface area (Å²) in [6.07, 6.45) is 4.87. The Morgan fingerprint density at radius 2 is 2.42 bits per heavy atom. The summed E-state index contributed by atoms with van der Waals surface area (Å²) in [6, 6.07) is 0. The minimum Gasteiger partial charge on any atom is -0.316 e. The molecule has 0 bridgehead atoms.